The fourth-order valence-corrected chi connectivity index (χ4v) is 2.38. The Kier molecular flexibility index (Phi) is 3.51. The number of aliphatic hydroxyl groups excluding tert-OH is 1. The maximum atomic E-state index is 12.0. The van der Waals surface area contributed by atoms with E-state index in [1.807, 2.05) is 0 Å². The van der Waals surface area contributed by atoms with Gasteiger partial charge in [0.25, 0.3) is 0 Å². The zero-order valence-electron chi connectivity index (χ0n) is 9.71. The third-order valence-corrected chi connectivity index (χ3v) is 3.55. The number of hydrogen-bond acceptors (Lipinski definition) is 3. The van der Waals surface area contributed by atoms with Crippen molar-refractivity contribution >= 4 is 12.0 Å². The quantitative estimate of drug-likeness (QED) is 0.704. The smallest absolute Gasteiger partial charge is 0.320 e. The molecule has 6 nitrogen and oxygen atoms in total. The van der Waals surface area contributed by atoms with Crippen molar-refractivity contribution in [3.8, 4) is 0 Å². The van der Waals surface area contributed by atoms with E-state index < -0.39 is 11.9 Å². The van der Waals surface area contributed by atoms with Gasteiger partial charge in [-0.05, 0) is 18.8 Å². The van der Waals surface area contributed by atoms with Crippen LogP contribution >= 0.6 is 0 Å². The average Bonchev–Trinajstić information content (AvgIpc) is 2.26. The van der Waals surface area contributed by atoms with Crippen LogP contribution < -0.4 is 0 Å². The lowest BCUT2D eigenvalue weighted by molar-refractivity contribution is -0.146. The summed E-state index contributed by atoms with van der Waals surface area (Å²) in [6, 6.07) is -0.0827. The van der Waals surface area contributed by atoms with E-state index in [1.165, 1.54) is 0 Å². The molecule has 2 rings (SSSR count). The molecule has 2 N–H and O–H groups in total. The van der Waals surface area contributed by atoms with Gasteiger partial charge in [0.05, 0.1) is 5.92 Å². The molecule has 2 saturated heterocycles. The lowest BCUT2D eigenvalue weighted by Crippen LogP contribution is -2.58. The SMILES string of the molecule is O=C(O)C1CN(C(=O)N2CCCC(CO)C2)C1. The monoisotopic (exact) mass is 242 g/mol. The maximum absolute atomic E-state index is 12.0. The van der Waals surface area contributed by atoms with Crippen LogP contribution in [0.2, 0.25) is 0 Å². The molecule has 2 aliphatic heterocycles. The van der Waals surface area contributed by atoms with Gasteiger partial charge < -0.3 is 20.0 Å². The predicted octanol–water partition coefficient (Wildman–Crippen LogP) is -0.173. The van der Waals surface area contributed by atoms with Crippen molar-refractivity contribution in [2.75, 3.05) is 32.8 Å². The molecule has 1 atom stereocenters. The topological polar surface area (TPSA) is 81.1 Å². The van der Waals surface area contributed by atoms with E-state index in [2.05, 4.69) is 0 Å². The van der Waals surface area contributed by atoms with Crippen molar-refractivity contribution in [3.63, 3.8) is 0 Å². The van der Waals surface area contributed by atoms with E-state index >= 15 is 0 Å². The molecule has 0 aromatic carbocycles. The normalized spacial score (nSPS) is 25.6. The Bertz CT molecular complexity index is 315. The molecule has 2 aliphatic rings. The molecule has 0 aromatic rings. The van der Waals surface area contributed by atoms with Gasteiger partial charge in [0.15, 0.2) is 0 Å². The van der Waals surface area contributed by atoms with Gasteiger partial charge in [0.2, 0.25) is 0 Å². The highest BCUT2D eigenvalue weighted by Gasteiger charge is 2.38. The third-order valence-electron chi connectivity index (χ3n) is 3.55. The standard InChI is InChI=1S/C11H18N2O4/c14-7-8-2-1-3-12(4-8)11(17)13-5-9(6-13)10(15)16/h8-9,14H,1-7H2,(H,15,16). The lowest BCUT2D eigenvalue weighted by Gasteiger charge is -2.42. The number of amides is 2. The van der Waals surface area contributed by atoms with Crippen LogP contribution in [0.15, 0.2) is 0 Å². The Morgan fingerprint density at radius 1 is 1.18 bits per heavy atom. The van der Waals surface area contributed by atoms with Crippen LogP contribution in [0.1, 0.15) is 12.8 Å². The molecule has 0 aromatic heterocycles. The predicted molar refractivity (Wildman–Crippen MR) is 59.5 cm³/mol. The summed E-state index contributed by atoms with van der Waals surface area (Å²) in [4.78, 5) is 25.9. The van der Waals surface area contributed by atoms with Crippen LogP contribution in [0.4, 0.5) is 4.79 Å². The maximum Gasteiger partial charge on any atom is 0.320 e. The second-order valence-electron chi connectivity index (χ2n) is 4.86. The molecular formula is C11H18N2O4. The first-order valence-electron chi connectivity index (χ1n) is 5.99. The van der Waals surface area contributed by atoms with Crippen molar-refractivity contribution in [1.82, 2.24) is 9.80 Å². The Labute approximate surface area is 99.8 Å². The molecule has 1 unspecified atom stereocenters. The number of urea groups is 1. The van der Waals surface area contributed by atoms with E-state index in [4.69, 9.17) is 10.2 Å². The van der Waals surface area contributed by atoms with Gasteiger partial charge in [0, 0.05) is 32.8 Å². The van der Waals surface area contributed by atoms with E-state index in [1.54, 1.807) is 9.80 Å². The Hall–Kier alpha value is -1.30. The van der Waals surface area contributed by atoms with Crippen LogP contribution in [0.5, 0.6) is 0 Å². The molecule has 0 radical (unpaired) electrons. The van der Waals surface area contributed by atoms with Crippen LogP contribution in [0.3, 0.4) is 0 Å². The second-order valence-corrected chi connectivity index (χ2v) is 4.86. The molecule has 0 spiro atoms. The van der Waals surface area contributed by atoms with Crippen molar-refractivity contribution in [2.45, 2.75) is 12.8 Å². The van der Waals surface area contributed by atoms with Crippen molar-refractivity contribution < 1.29 is 19.8 Å². The molecule has 0 saturated carbocycles. The van der Waals surface area contributed by atoms with Crippen molar-refractivity contribution in [2.24, 2.45) is 11.8 Å². The number of hydrogen-bond donors (Lipinski definition) is 2. The summed E-state index contributed by atoms with van der Waals surface area (Å²) >= 11 is 0. The molecule has 2 heterocycles. The van der Waals surface area contributed by atoms with Gasteiger partial charge in [-0.3, -0.25) is 4.79 Å². The number of aliphatic carboxylic acids is 1. The first-order chi connectivity index (χ1) is 8.11. The van der Waals surface area contributed by atoms with Gasteiger partial charge in [0.1, 0.15) is 0 Å². The summed E-state index contributed by atoms with van der Waals surface area (Å²) in [7, 11) is 0. The number of carbonyl (C=O) groups is 2. The largest absolute Gasteiger partial charge is 0.481 e. The number of carboxylic acid groups (broad SMARTS) is 1. The fraction of sp³-hybridized carbons (Fsp3) is 0.818. The van der Waals surface area contributed by atoms with Crippen LogP contribution in [0.25, 0.3) is 0 Å². The van der Waals surface area contributed by atoms with Crippen molar-refractivity contribution in [1.29, 1.82) is 0 Å². The zero-order valence-corrected chi connectivity index (χ0v) is 9.71. The number of nitrogens with zero attached hydrogens (tertiary/aromatic N) is 2. The molecule has 0 aliphatic carbocycles. The van der Waals surface area contributed by atoms with E-state index in [0.29, 0.717) is 26.2 Å². The third kappa shape index (κ3) is 2.52. The van der Waals surface area contributed by atoms with Gasteiger partial charge in [-0.25, -0.2) is 4.79 Å². The number of piperidine rings is 1. The number of likely N-dealkylation sites (tertiary alicyclic amines) is 2. The number of rotatable bonds is 2. The Morgan fingerprint density at radius 3 is 2.47 bits per heavy atom. The van der Waals surface area contributed by atoms with Crippen LogP contribution in [-0.2, 0) is 4.79 Å². The lowest BCUT2D eigenvalue weighted by atomic mass is 9.98. The van der Waals surface area contributed by atoms with E-state index in [-0.39, 0.29) is 18.6 Å². The van der Waals surface area contributed by atoms with Gasteiger partial charge in [-0.15, -0.1) is 0 Å². The molecule has 17 heavy (non-hydrogen) atoms. The molecule has 2 fully saturated rings. The van der Waals surface area contributed by atoms with Crippen molar-refractivity contribution in [3.05, 3.63) is 0 Å². The Morgan fingerprint density at radius 2 is 1.88 bits per heavy atom. The van der Waals surface area contributed by atoms with Crippen LogP contribution in [-0.4, -0.2) is 64.8 Å². The fourth-order valence-electron chi connectivity index (χ4n) is 2.38. The van der Waals surface area contributed by atoms with Crippen LogP contribution in [0, 0.1) is 11.8 Å². The molecule has 6 heteroatoms. The van der Waals surface area contributed by atoms with Gasteiger partial charge in [-0.1, -0.05) is 0 Å². The molecule has 0 bridgehead atoms. The second kappa shape index (κ2) is 4.91. The van der Waals surface area contributed by atoms with Gasteiger partial charge in [-0.2, -0.15) is 0 Å². The molecule has 96 valence electrons. The first-order valence-corrected chi connectivity index (χ1v) is 5.99. The zero-order chi connectivity index (χ0) is 12.4. The molecule has 2 amide bonds. The minimum absolute atomic E-state index is 0.0827. The summed E-state index contributed by atoms with van der Waals surface area (Å²) in [5, 5.41) is 17.8. The number of aliphatic hydroxyl groups is 1. The Balaban J connectivity index is 1.82. The minimum atomic E-state index is -0.832. The summed E-state index contributed by atoms with van der Waals surface area (Å²) < 4.78 is 0. The van der Waals surface area contributed by atoms with E-state index in [0.717, 1.165) is 12.8 Å². The summed E-state index contributed by atoms with van der Waals surface area (Å²) in [5.74, 6) is -1.07. The first kappa shape index (κ1) is 12.2. The highest BCUT2D eigenvalue weighted by Crippen LogP contribution is 2.21. The number of carbonyl (C=O) groups excluding carboxylic acids is 1. The average molecular weight is 242 g/mol. The number of carboxylic acids is 1. The molecular weight excluding hydrogens is 224 g/mol. The van der Waals surface area contributed by atoms with Gasteiger partial charge >= 0.3 is 12.0 Å². The highest BCUT2D eigenvalue weighted by atomic mass is 16.4. The summed E-state index contributed by atoms with van der Waals surface area (Å²) in [6.45, 7) is 2.04. The summed E-state index contributed by atoms with van der Waals surface area (Å²) in [5.41, 5.74) is 0. The van der Waals surface area contributed by atoms with E-state index in [9.17, 15) is 9.59 Å². The highest BCUT2D eigenvalue weighted by molar-refractivity contribution is 5.79. The summed E-state index contributed by atoms with van der Waals surface area (Å²) in [6.07, 6.45) is 1.87. The minimum Gasteiger partial charge on any atom is -0.481 e.